The molecule has 3 rings (SSSR count). The predicted molar refractivity (Wildman–Crippen MR) is 78.3 cm³/mol. The second-order valence-electron chi connectivity index (χ2n) is 5.27. The zero-order valence-corrected chi connectivity index (χ0v) is 11.4. The van der Waals surface area contributed by atoms with E-state index in [-0.39, 0.29) is 11.9 Å². The van der Waals surface area contributed by atoms with Crippen molar-refractivity contribution in [1.82, 2.24) is 0 Å². The number of nitriles is 1. The summed E-state index contributed by atoms with van der Waals surface area (Å²) in [5.74, 6) is -0.262. The third-order valence-electron chi connectivity index (χ3n) is 3.86. The first-order valence-electron chi connectivity index (χ1n) is 6.87. The smallest absolute Gasteiger partial charge is 0.123 e. The molecule has 1 fully saturated rings. The van der Waals surface area contributed by atoms with E-state index in [9.17, 15) is 9.50 Å². The molecule has 0 radical (unpaired) electrons. The maximum Gasteiger partial charge on any atom is 0.123 e. The third-order valence-corrected chi connectivity index (χ3v) is 3.86. The van der Waals surface area contributed by atoms with Gasteiger partial charge in [-0.25, -0.2) is 4.39 Å². The van der Waals surface area contributed by atoms with Crippen LogP contribution in [0, 0.1) is 17.1 Å². The highest BCUT2D eigenvalue weighted by atomic mass is 19.1. The lowest BCUT2D eigenvalue weighted by atomic mass is 10.0. The van der Waals surface area contributed by atoms with E-state index in [4.69, 9.17) is 5.26 Å². The van der Waals surface area contributed by atoms with Gasteiger partial charge in [0.15, 0.2) is 0 Å². The maximum absolute atomic E-state index is 13.1. The van der Waals surface area contributed by atoms with E-state index in [1.165, 1.54) is 12.1 Å². The molecular formula is C17H15FN2O. The first kappa shape index (κ1) is 13.6. The largest absolute Gasteiger partial charge is 0.391 e. The Hall–Kier alpha value is -2.38. The van der Waals surface area contributed by atoms with Gasteiger partial charge in [0.25, 0.3) is 0 Å². The van der Waals surface area contributed by atoms with Crippen LogP contribution in [-0.4, -0.2) is 17.8 Å². The minimum Gasteiger partial charge on any atom is -0.391 e. The summed E-state index contributed by atoms with van der Waals surface area (Å²) in [6, 6.07) is 15.8. The number of hydrogen-bond acceptors (Lipinski definition) is 3. The molecule has 106 valence electrons. The average molecular weight is 282 g/mol. The standard InChI is InChI=1S/C17H15FN2O/c18-14-5-3-13(4-6-14)17-9-16(21)11-20(17)15-7-1-12(10-19)2-8-15/h1-8,16-17,21H,9,11H2. The normalized spacial score (nSPS) is 21.3. The van der Waals surface area contributed by atoms with E-state index in [1.807, 2.05) is 12.1 Å². The van der Waals surface area contributed by atoms with Gasteiger partial charge in [-0.1, -0.05) is 12.1 Å². The minimum atomic E-state index is -0.407. The molecule has 2 aromatic rings. The van der Waals surface area contributed by atoms with E-state index >= 15 is 0 Å². The second kappa shape index (κ2) is 5.55. The molecule has 1 aliphatic heterocycles. The number of β-amino-alcohol motifs (C(OH)–C–C–N with tert-alkyl or cyclic N) is 1. The van der Waals surface area contributed by atoms with E-state index in [0.717, 1.165) is 11.3 Å². The average Bonchev–Trinajstić information content (AvgIpc) is 2.90. The summed E-state index contributed by atoms with van der Waals surface area (Å²) >= 11 is 0. The monoisotopic (exact) mass is 282 g/mol. The molecule has 3 nitrogen and oxygen atoms in total. The summed E-state index contributed by atoms with van der Waals surface area (Å²) < 4.78 is 13.1. The van der Waals surface area contributed by atoms with E-state index in [2.05, 4.69) is 11.0 Å². The molecule has 0 saturated carbocycles. The van der Waals surface area contributed by atoms with E-state index in [1.54, 1.807) is 24.3 Å². The lowest BCUT2D eigenvalue weighted by molar-refractivity contribution is 0.194. The Morgan fingerprint density at radius 2 is 1.76 bits per heavy atom. The van der Waals surface area contributed by atoms with Gasteiger partial charge >= 0.3 is 0 Å². The molecule has 4 heteroatoms. The summed E-state index contributed by atoms with van der Waals surface area (Å²) in [5.41, 5.74) is 2.55. The van der Waals surface area contributed by atoms with Crippen LogP contribution in [0.15, 0.2) is 48.5 Å². The first-order chi connectivity index (χ1) is 10.2. The SMILES string of the molecule is N#Cc1ccc(N2CC(O)CC2c2ccc(F)cc2)cc1. The highest BCUT2D eigenvalue weighted by Crippen LogP contribution is 2.36. The Kier molecular flexibility index (Phi) is 3.59. The summed E-state index contributed by atoms with van der Waals surface area (Å²) in [6.45, 7) is 0.536. The summed E-state index contributed by atoms with van der Waals surface area (Å²) in [5, 5.41) is 18.8. The van der Waals surface area contributed by atoms with Gasteiger partial charge in [-0.05, 0) is 48.4 Å². The number of aliphatic hydroxyl groups excluding tert-OH is 1. The van der Waals surface area contributed by atoms with Gasteiger partial charge in [0.05, 0.1) is 23.8 Å². The summed E-state index contributed by atoms with van der Waals surface area (Å²) in [6.07, 6.45) is 0.210. The number of anilines is 1. The molecule has 0 spiro atoms. The van der Waals surface area contributed by atoms with Crippen molar-refractivity contribution in [2.24, 2.45) is 0 Å². The van der Waals surface area contributed by atoms with Gasteiger partial charge in [0.2, 0.25) is 0 Å². The lowest BCUT2D eigenvalue weighted by Crippen LogP contribution is -2.24. The van der Waals surface area contributed by atoms with Crippen LogP contribution in [0.4, 0.5) is 10.1 Å². The number of nitrogens with zero attached hydrogens (tertiary/aromatic N) is 2. The van der Waals surface area contributed by atoms with Gasteiger partial charge in [-0.3, -0.25) is 0 Å². The summed E-state index contributed by atoms with van der Waals surface area (Å²) in [7, 11) is 0. The second-order valence-corrected chi connectivity index (χ2v) is 5.27. The highest BCUT2D eigenvalue weighted by Gasteiger charge is 2.32. The Labute approximate surface area is 122 Å². The van der Waals surface area contributed by atoms with Crippen molar-refractivity contribution in [3.05, 3.63) is 65.5 Å². The van der Waals surface area contributed by atoms with Crippen molar-refractivity contribution in [1.29, 1.82) is 5.26 Å². The molecule has 0 aromatic heterocycles. The third kappa shape index (κ3) is 2.74. The van der Waals surface area contributed by atoms with Crippen LogP contribution in [0.3, 0.4) is 0 Å². The number of hydrogen-bond donors (Lipinski definition) is 1. The fourth-order valence-electron chi connectivity index (χ4n) is 2.83. The van der Waals surface area contributed by atoms with Crippen LogP contribution < -0.4 is 4.90 Å². The Bertz CT molecular complexity index is 661. The van der Waals surface area contributed by atoms with Crippen LogP contribution in [0.25, 0.3) is 0 Å². The molecule has 2 aromatic carbocycles. The van der Waals surface area contributed by atoms with Gasteiger partial charge in [-0.15, -0.1) is 0 Å². The molecule has 1 heterocycles. The van der Waals surface area contributed by atoms with Crippen LogP contribution >= 0.6 is 0 Å². The van der Waals surface area contributed by atoms with Gasteiger partial charge in [0, 0.05) is 12.2 Å². The molecule has 1 N–H and O–H groups in total. The minimum absolute atomic E-state index is 0.0218. The van der Waals surface area contributed by atoms with E-state index in [0.29, 0.717) is 18.5 Å². The number of benzene rings is 2. The van der Waals surface area contributed by atoms with Crippen molar-refractivity contribution < 1.29 is 9.50 Å². The van der Waals surface area contributed by atoms with Gasteiger partial charge in [-0.2, -0.15) is 5.26 Å². The number of halogens is 1. The molecule has 2 atom stereocenters. The fourth-order valence-corrected chi connectivity index (χ4v) is 2.83. The molecule has 1 saturated heterocycles. The quantitative estimate of drug-likeness (QED) is 0.921. The molecule has 0 aliphatic carbocycles. The number of rotatable bonds is 2. The lowest BCUT2D eigenvalue weighted by Gasteiger charge is -2.27. The molecule has 0 bridgehead atoms. The topological polar surface area (TPSA) is 47.3 Å². The van der Waals surface area contributed by atoms with Crippen LogP contribution in [0.2, 0.25) is 0 Å². The zero-order valence-electron chi connectivity index (χ0n) is 11.4. The van der Waals surface area contributed by atoms with Crippen LogP contribution in [0.1, 0.15) is 23.6 Å². The van der Waals surface area contributed by atoms with E-state index < -0.39 is 6.10 Å². The van der Waals surface area contributed by atoms with Crippen LogP contribution in [0.5, 0.6) is 0 Å². The van der Waals surface area contributed by atoms with Crippen molar-refractivity contribution in [2.45, 2.75) is 18.6 Å². The Morgan fingerprint density at radius 1 is 1.10 bits per heavy atom. The summed E-state index contributed by atoms with van der Waals surface area (Å²) in [4.78, 5) is 2.10. The molecular weight excluding hydrogens is 267 g/mol. The number of aliphatic hydroxyl groups is 1. The van der Waals surface area contributed by atoms with Gasteiger partial charge in [0.1, 0.15) is 5.82 Å². The van der Waals surface area contributed by atoms with Crippen molar-refractivity contribution >= 4 is 5.69 Å². The first-order valence-corrected chi connectivity index (χ1v) is 6.87. The zero-order chi connectivity index (χ0) is 14.8. The fraction of sp³-hybridized carbons (Fsp3) is 0.235. The van der Waals surface area contributed by atoms with Gasteiger partial charge < -0.3 is 10.0 Å². The maximum atomic E-state index is 13.1. The van der Waals surface area contributed by atoms with Crippen molar-refractivity contribution in [3.63, 3.8) is 0 Å². The Morgan fingerprint density at radius 3 is 2.38 bits per heavy atom. The predicted octanol–water partition coefficient (Wildman–Crippen LogP) is 3.01. The molecule has 2 unspecified atom stereocenters. The van der Waals surface area contributed by atoms with Crippen molar-refractivity contribution in [3.8, 4) is 6.07 Å². The van der Waals surface area contributed by atoms with Crippen LogP contribution in [-0.2, 0) is 0 Å². The van der Waals surface area contributed by atoms with Crippen molar-refractivity contribution in [2.75, 3.05) is 11.4 Å². The highest BCUT2D eigenvalue weighted by molar-refractivity contribution is 5.53. The molecule has 0 amide bonds. The molecule has 21 heavy (non-hydrogen) atoms. The Balaban J connectivity index is 1.91. The molecule has 1 aliphatic rings.